The second kappa shape index (κ2) is 10.0. The lowest BCUT2D eigenvalue weighted by Gasteiger charge is -2.37. The van der Waals surface area contributed by atoms with Gasteiger partial charge in [0.2, 0.25) is 5.91 Å². The van der Waals surface area contributed by atoms with Crippen molar-refractivity contribution in [1.82, 2.24) is 4.98 Å². The number of hydrogen-bond acceptors (Lipinski definition) is 7. The van der Waals surface area contributed by atoms with Gasteiger partial charge < -0.3 is 15.3 Å². The first-order chi connectivity index (χ1) is 15.9. The third-order valence-corrected chi connectivity index (χ3v) is 8.43. The molecular formula is C24H27N3O4S2. The molecule has 0 spiro atoms. The second-order valence-corrected chi connectivity index (χ2v) is 11.1. The number of nitrogens with zero attached hydrogens (tertiary/aromatic N) is 2. The molecule has 0 saturated heterocycles. The van der Waals surface area contributed by atoms with Gasteiger partial charge in [0.05, 0.1) is 4.90 Å². The zero-order valence-corrected chi connectivity index (χ0v) is 20.0. The van der Waals surface area contributed by atoms with E-state index in [1.807, 2.05) is 18.2 Å². The normalized spacial score (nSPS) is 14.5. The van der Waals surface area contributed by atoms with Gasteiger partial charge in [-0.3, -0.25) is 4.79 Å². The van der Waals surface area contributed by atoms with E-state index in [-0.39, 0.29) is 23.2 Å². The number of carbonyl (C=O) groups is 1. The topological polar surface area (TPSA) is 99.6 Å². The number of carbonyl (C=O) groups excluding carboxylic acids is 1. The van der Waals surface area contributed by atoms with Gasteiger partial charge in [0.15, 0.2) is 9.84 Å². The molecule has 33 heavy (non-hydrogen) atoms. The predicted molar refractivity (Wildman–Crippen MR) is 130 cm³/mol. The molecule has 1 aromatic heterocycles. The number of nitrogens with one attached hydrogen (secondary N) is 1. The van der Waals surface area contributed by atoms with Crippen molar-refractivity contribution in [2.75, 3.05) is 23.4 Å². The van der Waals surface area contributed by atoms with E-state index < -0.39 is 15.9 Å². The molecule has 7 nitrogen and oxygen atoms in total. The number of aryl methyl sites for hydroxylation is 2. The summed E-state index contributed by atoms with van der Waals surface area (Å²) in [4.78, 5) is 19.6. The molecule has 0 unspecified atom stereocenters. The molecule has 1 aliphatic heterocycles. The number of aliphatic hydroxyl groups excluding tert-OH is 1. The van der Waals surface area contributed by atoms with Gasteiger partial charge in [-0.2, -0.15) is 0 Å². The maximum Gasteiger partial charge on any atom is 0.247 e. The van der Waals surface area contributed by atoms with Crippen LogP contribution in [0.15, 0.2) is 58.9 Å². The van der Waals surface area contributed by atoms with Crippen molar-refractivity contribution in [3.05, 3.63) is 70.2 Å². The quantitative estimate of drug-likeness (QED) is 0.506. The van der Waals surface area contributed by atoms with E-state index >= 15 is 0 Å². The highest BCUT2D eigenvalue weighted by Gasteiger charge is 2.29. The van der Waals surface area contributed by atoms with Gasteiger partial charge in [-0.1, -0.05) is 18.2 Å². The maximum atomic E-state index is 13.3. The summed E-state index contributed by atoms with van der Waals surface area (Å²) < 4.78 is 25.5. The van der Waals surface area contributed by atoms with Gasteiger partial charge in [0.1, 0.15) is 16.8 Å². The molecule has 0 saturated carbocycles. The lowest BCUT2D eigenvalue weighted by molar-refractivity contribution is -0.117. The van der Waals surface area contributed by atoms with Crippen LogP contribution in [0.4, 0.5) is 11.4 Å². The molecule has 174 valence electrons. The maximum absolute atomic E-state index is 13.3. The Bertz CT molecular complexity index is 1230. The Morgan fingerprint density at radius 2 is 2.09 bits per heavy atom. The highest BCUT2D eigenvalue weighted by Crippen LogP contribution is 2.30. The van der Waals surface area contributed by atoms with Crippen LogP contribution in [0.1, 0.15) is 29.0 Å². The predicted octanol–water partition coefficient (Wildman–Crippen LogP) is 3.57. The summed E-state index contributed by atoms with van der Waals surface area (Å²) in [5.74, 6) is -0.370. The third-order valence-electron chi connectivity index (χ3n) is 5.84. The van der Waals surface area contributed by atoms with Crippen molar-refractivity contribution in [3.8, 4) is 0 Å². The van der Waals surface area contributed by atoms with Crippen LogP contribution in [0.2, 0.25) is 0 Å². The van der Waals surface area contributed by atoms with Crippen LogP contribution in [-0.4, -0.2) is 43.6 Å². The van der Waals surface area contributed by atoms with Crippen molar-refractivity contribution in [3.63, 3.8) is 0 Å². The Kier molecular flexibility index (Phi) is 7.11. The first-order valence-corrected chi connectivity index (χ1v) is 13.4. The van der Waals surface area contributed by atoms with Crippen LogP contribution in [0.25, 0.3) is 0 Å². The minimum absolute atomic E-state index is 0.107. The van der Waals surface area contributed by atoms with Crippen LogP contribution >= 0.6 is 11.3 Å². The molecule has 3 aromatic rings. The van der Waals surface area contributed by atoms with Crippen molar-refractivity contribution in [2.45, 2.75) is 42.9 Å². The van der Waals surface area contributed by atoms with Crippen LogP contribution in [0, 0.1) is 6.92 Å². The molecule has 2 N–H and O–H groups in total. The standard InChI is InChI=1S/C24H27N3O4S2/c1-17-15-19(33(30,31)16-23-25-11-14-32-23)8-9-20(17)26-24(29)22(10-13-28)27-12-4-6-18-5-2-3-7-21(18)27/h2-3,5,7-9,11,14-15,22,28H,4,6,10,12-13,16H2,1H3,(H,26,29)/t22-/m0/s1. The number of amides is 1. The second-order valence-electron chi connectivity index (χ2n) is 8.10. The van der Waals surface area contributed by atoms with Crippen LogP contribution in [0.3, 0.4) is 0 Å². The molecule has 0 bridgehead atoms. The Morgan fingerprint density at radius 1 is 1.27 bits per heavy atom. The van der Waals surface area contributed by atoms with E-state index in [0.29, 0.717) is 22.7 Å². The zero-order valence-electron chi connectivity index (χ0n) is 18.4. The lowest BCUT2D eigenvalue weighted by Crippen LogP contribution is -2.47. The first kappa shape index (κ1) is 23.4. The highest BCUT2D eigenvalue weighted by molar-refractivity contribution is 7.90. The summed E-state index contributed by atoms with van der Waals surface area (Å²) in [5.41, 5.74) is 3.44. The summed E-state index contributed by atoms with van der Waals surface area (Å²) in [6, 6.07) is 12.2. The fourth-order valence-corrected chi connectivity index (χ4v) is 6.53. The lowest BCUT2D eigenvalue weighted by atomic mass is 9.98. The molecule has 1 atom stereocenters. The van der Waals surface area contributed by atoms with Gasteiger partial charge in [0.25, 0.3) is 0 Å². The Labute approximate surface area is 198 Å². The average Bonchev–Trinajstić information content (AvgIpc) is 3.30. The number of para-hydroxylation sites is 1. The molecule has 4 rings (SSSR count). The van der Waals surface area contributed by atoms with Crippen molar-refractivity contribution in [1.29, 1.82) is 0 Å². The summed E-state index contributed by atoms with van der Waals surface area (Å²) in [6.07, 6.45) is 3.80. The number of thiazole rings is 1. The van der Waals surface area contributed by atoms with Crippen molar-refractivity contribution < 1.29 is 18.3 Å². The van der Waals surface area contributed by atoms with E-state index in [4.69, 9.17) is 0 Å². The molecule has 9 heteroatoms. The monoisotopic (exact) mass is 485 g/mol. The van der Waals surface area contributed by atoms with E-state index in [1.165, 1.54) is 23.0 Å². The van der Waals surface area contributed by atoms with E-state index in [2.05, 4.69) is 21.3 Å². The van der Waals surface area contributed by atoms with E-state index in [9.17, 15) is 18.3 Å². The molecule has 1 amide bonds. The minimum atomic E-state index is -3.53. The number of anilines is 2. The average molecular weight is 486 g/mol. The SMILES string of the molecule is Cc1cc(S(=O)(=O)Cc2nccs2)ccc1NC(=O)[C@H](CCO)N1CCCc2ccccc21. The van der Waals surface area contributed by atoms with Gasteiger partial charge in [-0.25, -0.2) is 13.4 Å². The van der Waals surface area contributed by atoms with Crippen LogP contribution in [0.5, 0.6) is 0 Å². The third kappa shape index (κ3) is 5.26. The molecule has 0 fully saturated rings. The Balaban J connectivity index is 1.53. The number of benzene rings is 2. The number of hydrogen-bond donors (Lipinski definition) is 2. The fraction of sp³-hybridized carbons (Fsp3) is 0.333. The summed E-state index contributed by atoms with van der Waals surface area (Å²) in [7, 11) is -3.53. The molecule has 0 radical (unpaired) electrons. The van der Waals surface area contributed by atoms with Gasteiger partial charge >= 0.3 is 0 Å². The number of fused-ring (bicyclic) bond motifs is 1. The van der Waals surface area contributed by atoms with Gasteiger partial charge in [-0.15, -0.1) is 11.3 Å². The number of aliphatic hydroxyl groups is 1. The Hall–Kier alpha value is -2.75. The molecule has 2 heterocycles. The van der Waals surface area contributed by atoms with E-state index in [0.717, 1.165) is 25.1 Å². The van der Waals surface area contributed by atoms with Gasteiger partial charge in [-0.05, 0) is 61.6 Å². The molecule has 1 aliphatic rings. The van der Waals surface area contributed by atoms with Gasteiger partial charge in [0, 0.05) is 36.1 Å². The largest absolute Gasteiger partial charge is 0.396 e. The fourth-order valence-electron chi connectivity index (χ4n) is 4.19. The van der Waals surface area contributed by atoms with E-state index in [1.54, 1.807) is 30.6 Å². The highest BCUT2D eigenvalue weighted by atomic mass is 32.2. The number of aromatic nitrogens is 1. The molecular weight excluding hydrogens is 458 g/mol. The molecule has 2 aromatic carbocycles. The minimum Gasteiger partial charge on any atom is -0.396 e. The smallest absolute Gasteiger partial charge is 0.247 e. The van der Waals surface area contributed by atoms with Crippen molar-refractivity contribution >= 4 is 38.5 Å². The Morgan fingerprint density at radius 3 is 2.82 bits per heavy atom. The summed E-state index contributed by atoms with van der Waals surface area (Å²) in [5, 5.41) is 14.9. The number of rotatable bonds is 8. The van der Waals surface area contributed by atoms with Crippen LogP contribution in [-0.2, 0) is 26.8 Å². The van der Waals surface area contributed by atoms with Crippen LogP contribution < -0.4 is 10.2 Å². The zero-order chi connectivity index (χ0) is 23.4. The first-order valence-electron chi connectivity index (χ1n) is 10.9. The molecule has 0 aliphatic carbocycles. The summed E-state index contributed by atoms with van der Waals surface area (Å²) in [6.45, 7) is 2.40. The van der Waals surface area contributed by atoms with Crippen molar-refractivity contribution in [2.24, 2.45) is 0 Å². The number of sulfone groups is 1. The summed E-state index contributed by atoms with van der Waals surface area (Å²) >= 11 is 1.30.